The van der Waals surface area contributed by atoms with Crippen LogP contribution in [0.4, 0.5) is 0 Å². The predicted molar refractivity (Wildman–Crippen MR) is 77.9 cm³/mol. The van der Waals surface area contributed by atoms with Crippen LogP contribution in [0.2, 0.25) is 0 Å². The molecule has 0 bridgehead atoms. The topological polar surface area (TPSA) is 18.5 Å². The number of hydrogen-bond acceptors (Lipinski definition) is 3. The van der Waals surface area contributed by atoms with E-state index in [2.05, 4.69) is 43.1 Å². The minimum atomic E-state index is 0.683. The second-order valence-corrected chi connectivity index (χ2v) is 6.76. The zero-order valence-corrected chi connectivity index (χ0v) is 12.7. The SMILES string of the molecule is CC(CNC1CC1)C(C)N(C)CC1CCN(C)C1. The summed E-state index contributed by atoms with van der Waals surface area (Å²) >= 11 is 0. The van der Waals surface area contributed by atoms with E-state index >= 15 is 0 Å². The zero-order valence-electron chi connectivity index (χ0n) is 12.7. The van der Waals surface area contributed by atoms with Crippen LogP contribution in [0.15, 0.2) is 0 Å². The minimum Gasteiger partial charge on any atom is -0.314 e. The first-order chi connectivity index (χ1) is 8.56. The van der Waals surface area contributed by atoms with Crippen LogP contribution in [0, 0.1) is 11.8 Å². The summed E-state index contributed by atoms with van der Waals surface area (Å²) in [4.78, 5) is 5.03. The predicted octanol–water partition coefficient (Wildman–Crippen LogP) is 1.65. The van der Waals surface area contributed by atoms with Gasteiger partial charge in [-0.05, 0) is 65.2 Å². The summed E-state index contributed by atoms with van der Waals surface area (Å²) in [7, 11) is 4.54. The summed E-state index contributed by atoms with van der Waals surface area (Å²) in [6.45, 7) is 9.78. The molecular weight excluding hydrogens is 222 g/mol. The van der Waals surface area contributed by atoms with Crippen molar-refractivity contribution in [2.24, 2.45) is 11.8 Å². The average Bonchev–Trinajstić information content (AvgIpc) is 3.08. The monoisotopic (exact) mass is 253 g/mol. The molecule has 18 heavy (non-hydrogen) atoms. The van der Waals surface area contributed by atoms with Gasteiger partial charge >= 0.3 is 0 Å². The number of nitrogens with zero attached hydrogens (tertiary/aromatic N) is 2. The van der Waals surface area contributed by atoms with E-state index in [1.165, 1.54) is 45.4 Å². The lowest BCUT2D eigenvalue weighted by Crippen LogP contribution is -2.41. The van der Waals surface area contributed by atoms with Crippen LogP contribution in [-0.2, 0) is 0 Å². The third kappa shape index (κ3) is 4.22. The highest BCUT2D eigenvalue weighted by Crippen LogP contribution is 2.21. The van der Waals surface area contributed by atoms with Crippen molar-refractivity contribution in [2.45, 2.75) is 45.2 Å². The maximum Gasteiger partial charge on any atom is 0.0102 e. The van der Waals surface area contributed by atoms with Crippen molar-refractivity contribution in [1.82, 2.24) is 15.1 Å². The molecule has 1 aliphatic heterocycles. The number of nitrogens with one attached hydrogen (secondary N) is 1. The zero-order chi connectivity index (χ0) is 13.1. The Morgan fingerprint density at radius 2 is 2.00 bits per heavy atom. The van der Waals surface area contributed by atoms with Crippen LogP contribution in [0.1, 0.15) is 33.1 Å². The normalized spacial score (nSPS) is 28.8. The summed E-state index contributed by atoms with van der Waals surface area (Å²) in [5.41, 5.74) is 0. The molecule has 1 heterocycles. The Balaban J connectivity index is 1.67. The molecule has 0 aromatic rings. The first kappa shape index (κ1) is 14.3. The quantitative estimate of drug-likeness (QED) is 0.744. The Morgan fingerprint density at radius 3 is 2.56 bits per heavy atom. The van der Waals surface area contributed by atoms with Gasteiger partial charge in [-0.15, -0.1) is 0 Å². The number of rotatable bonds is 7. The molecular formula is C15H31N3. The van der Waals surface area contributed by atoms with Gasteiger partial charge < -0.3 is 15.1 Å². The highest BCUT2D eigenvalue weighted by atomic mass is 15.2. The van der Waals surface area contributed by atoms with Gasteiger partial charge in [0.2, 0.25) is 0 Å². The third-order valence-corrected chi connectivity index (χ3v) is 4.86. The molecule has 3 unspecified atom stereocenters. The maximum atomic E-state index is 3.66. The third-order valence-electron chi connectivity index (χ3n) is 4.86. The highest BCUT2D eigenvalue weighted by Gasteiger charge is 2.26. The molecule has 1 aliphatic carbocycles. The van der Waals surface area contributed by atoms with Crippen LogP contribution in [0.25, 0.3) is 0 Å². The van der Waals surface area contributed by atoms with Crippen LogP contribution < -0.4 is 5.32 Å². The van der Waals surface area contributed by atoms with E-state index in [1.807, 2.05) is 0 Å². The molecule has 3 atom stereocenters. The number of hydrogen-bond donors (Lipinski definition) is 1. The molecule has 0 aromatic heterocycles. The number of likely N-dealkylation sites (tertiary alicyclic amines) is 1. The summed E-state index contributed by atoms with van der Waals surface area (Å²) < 4.78 is 0. The van der Waals surface area contributed by atoms with Gasteiger partial charge in [-0.3, -0.25) is 0 Å². The fourth-order valence-electron chi connectivity index (χ4n) is 2.99. The van der Waals surface area contributed by atoms with E-state index in [0.717, 1.165) is 17.9 Å². The molecule has 106 valence electrons. The van der Waals surface area contributed by atoms with Crippen molar-refractivity contribution in [3.05, 3.63) is 0 Å². The van der Waals surface area contributed by atoms with Gasteiger partial charge in [-0.1, -0.05) is 6.92 Å². The molecule has 0 amide bonds. The summed E-state index contributed by atoms with van der Waals surface area (Å²) in [6.07, 6.45) is 4.17. The van der Waals surface area contributed by atoms with Gasteiger partial charge in [-0.2, -0.15) is 0 Å². The lowest BCUT2D eigenvalue weighted by molar-refractivity contribution is 0.170. The van der Waals surface area contributed by atoms with E-state index in [4.69, 9.17) is 0 Å². The molecule has 1 N–H and O–H groups in total. The Labute approximate surface area is 113 Å². The minimum absolute atomic E-state index is 0.683. The molecule has 0 aromatic carbocycles. The first-order valence-corrected chi connectivity index (χ1v) is 7.68. The van der Waals surface area contributed by atoms with Gasteiger partial charge in [0.1, 0.15) is 0 Å². The van der Waals surface area contributed by atoms with Gasteiger partial charge in [0.15, 0.2) is 0 Å². The van der Waals surface area contributed by atoms with Crippen LogP contribution in [0.3, 0.4) is 0 Å². The van der Waals surface area contributed by atoms with E-state index in [0.29, 0.717) is 6.04 Å². The Bertz CT molecular complexity index is 252. The smallest absolute Gasteiger partial charge is 0.0102 e. The van der Waals surface area contributed by atoms with E-state index in [-0.39, 0.29) is 0 Å². The molecule has 2 fully saturated rings. The highest BCUT2D eigenvalue weighted by molar-refractivity contribution is 4.84. The molecule has 0 radical (unpaired) electrons. The van der Waals surface area contributed by atoms with Crippen molar-refractivity contribution < 1.29 is 0 Å². The lowest BCUT2D eigenvalue weighted by atomic mass is 10.0. The molecule has 3 nitrogen and oxygen atoms in total. The second kappa shape index (κ2) is 6.36. The van der Waals surface area contributed by atoms with E-state index in [9.17, 15) is 0 Å². The van der Waals surface area contributed by atoms with Gasteiger partial charge in [0.05, 0.1) is 0 Å². The van der Waals surface area contributed by atoms with Crippen LogP contribution >= 0.6 is 0 Å². The Kier molecular flexibility index (Phi) is 5.05. The first-order valence-electron chi connectivity index (χ1n) is 7.68. The van der Waals surface area contributed by atoms with Crippen molar-refractivity contribution in [2.75, 3.05) is 40.3 Å². The van der Waals surface area contributed by atoms with Crippen molar-refractivity contribution in [1.29, 1.82) is 0 Å². The van der Waals surface area contributed by atoms with Gasteiger partial charge in [0.25, 0.3) is 0 Å². The Morgan fingerprint density at radius 1 is 1.28 bits per heavy atom. The standard InChI is InChI=1S/C15H31N3/c1-12(9-16-15-5-6-15)13(2)18(4)11-14-7-8-17(3)10-14/h12-16H,5-11H2,1-4H3. The molecule has 2 rings (SSSR count). The van der Waals surface area contributed by atoms with Crippen molar-refractivity contribution in [3.63, 3.8) is 0 Å². The lowest BCUT2D eigenvalue weighted by Gasteiger charge is -2.32. The van der Waals surface area contributed by atoms with Crippen LogP contribution in [-0.4, -0.2) is 62.2 Å². The molecule has 2 aliphatic rings. The average molecular weight is 253 g/mol. The fourth-order valence-corrected chi connectivity index (χ4v) is 2.99. The fraction of sp³-hybridized carbons (Fsp3) is 1.00. The van der Waals surface area contributed by atoms with Crippen LogP contribution in [0.5, 0.6) is 0 Å². The molecule has 1 saturated carbocycles. The summed E-state index contributed by atoms with van der Waals surface area (Å²) in [5, 5.41) is 3.66. The largest absolute Gasteiger partial charge is 0.314 e. The molecule has 3 heteroatoms. The van der Waals surface area contributed by atoms with E-state index in [1.54, 1.807) is 0 Å². The van der Waals surface area contributed by atoms with Gasteiger partial charge in [-0.25, -0.2) is 0 Å². The van der Waals surface area contributed by atoms with Gasteiger partial charge in [0, 0.05) is 25.2 Å². The van der Waals surface area contributed by atoms with Crippen molar-refractivity contribution >= 4 is 0 Å². The van der Waals surface area contributed by atoms with E-state index < -0.39 is 0 Å². The second-order valence-electron chi connectivity index (χ2n) is 6.76. The summed E-state index contributed by atoms with van der Waals surface area (Å²) in [6, 6.07) is 1.52. The molecule has 0 spiro atoms. The maximum absolute atomic E-state index is 3.66. The summed E-state index contributed by atoms with van der Waals surface area (Å²) in [5.74, 6) is 1.63. The van der Waals surface area contributed by atoms with Crippen molar-refractivity contribution in [3.8, 4) is 0 Å². The Hall–Kier alpha value is -0.120. The molecule has 1 saturated heterocycles.